The molecular weight excluding hydrogens is 278 g/mol. The van der Waals surface area contributed by atoms with Crippen LogP contribution in [0.3, 0.4) is 0 Å². The summed E-state index contributed by atoms with van der Waals surface area (Å²) in [5.74, 6) is 0.328. The quantitative estimate of drug-likeness (QED) is 0.774. The molecule has 0 saturated carbocycles. The van der Waals surface area contributed by atoms with Crippen molar-refractivity contribution in [1.82, 2.24) is 14.8 Å². The van der Waals surface area contributed by atoms with E-state index in [-0.39, 0.29) is 11.8 Å². The van der Waals surface area contributed by atoms with Crippen molar-refractivity contribution in [3.05, 3.63) is 29.6 Å². The molecule has 0 spiro atoms. The molecule has 0 aromatic carbocycles. The largest absolute Gasteiger partial charge is 0.343 e. The summed E-state index contributed by atoms with van der Waals surface area (Å²) in [6.45, 7) is 4.17. The van der Waals surface area contributed by atoms with Crippen LogP contribution in [-0.4, -0.2) is 46.7 Å². The lowest BCUT2D eigenvalue weighted by Crippen LogP contribution is -2.29. The average Bonchev–Trinajstić information content (AvgIpc) is 2.93. The van der Waals surface area contributed by atoms with Gasteiger partial charge in [-0.25, -0.2) is 0 Å². The fraction of sp³-hybridized carbons (Fsp3) is 0.588. The van der Waals surface area contributed by atoms with Crippen LogP contribution in [0.2, 0.25) is 0 Å². The normalized spacial score (nSPS) is 14.5. The molecule has 1 fully saturated rings. The minimum atomic E-state index is 0.105. The SMILES string of the molecule is CCc1ccc(CN(C)C(=O)CCCN2CCCC2=O)nc1. The van der Waals surface area contributed by atoms with Crippen molar-refractivity contribution in [1.29, 1.82) is 0 Å². The second-order valence-electron chi connectivity index (χ2n) is 5.85. The number of pyridine rings is 1. The molecule has 2 heterocycles. The molecule has 0 unspecified atom stereocenters. The van der Waals surface area contributed by atoms with E-state index in [2.05, 4.69) is 18.0 Å². The number of rotatable bonds is 7. The standard InChI is InChI=1S/C17H25N3O2/c1-3-14-8-9-15(18-12-14)13-19(2)16(21)6-4-10-20-11-5-7-17(20)22/h8-9,12H,3-7,10-11,13H2,1-2H3. The van der Waals surface area contributed by atoms with Gasteiger partial charge in [-0.1, -0.05) is 13.0 Å². The maximum Gasteiger partial charge on any atom is 0.222 e. The van der Waals surface area contributed by atoms with Crippen LogP contribution in [-0.2, 0) is 22.6 Å². The molecule has 1 aliphatic heterocycles. The van der Waals surface area contributed by atoms with Crippen molar-refractivity contribution >= 4 is 11.8 Å². The highest BCUT2D eigenvalue weighted by Crippen LogP contribution is 2.11. The fourth-order valence-corrected chi connectivity index (χ4v) is 2.64. The predicted molar refractivity (Wildman–Crippen MR) is 85.1 cm³/mol. The van der Waals surface area contributed by atoms with Crippen molar-refractivity contribution < 1.29 is 9.59 Å². The van der Waals surface area contributed by atoms with Crippen LogP contribution in [0.15, 0.2) is 18.3 Å². The van der Waals surface area contributed by atoms with E-state index in [1.54, 1.807) is 11.9 Å². The van der Waals surface area contributed by atoms with Crippen molar-refractivity contribution in [2.24, 2.45) is 0 Å². The molecule has 120 valence electrons. The van der Waals surface area contributed by atoms with Crippen molar-refractivity contribution in [2.45, 2.75) is 45.6 Å². The van der Waals surface area contributed by atoms with Gasteiger partial charge in [-0.05, 0) is 30.9 Å². The van der Waals surface area contributed by atoms with Gasteiger partial charge in [0.1, 0.15) is 0 Å². The van der Waals surface area contributed by atoms with Gasteiger partial charge in [0.05, 0.1) is 12.2 Å². The third-order valence-corrected chi connectivity index (χ3v) is 4.11. The molecule has 2 amide bonds. The van der Waals surface area contributed by atoms with Crippen molar-refractivity contribution in [3.63, 3.8) is 0 Å². The second kappa shape index (κ2) is 7.92. The van der Waals surface area contributed by atoms with Crippen LogP contribution < -0.4 is 0 Å². The maximum absolute atomic E-state index is 12.1. The zero-order chi connectivity index (χ0) is 15.9. The van der Waals surface area contributed by atoms with E-state index in [1.807, 2.05) is 17.2 Å². The molecule has 0 radical (unpaired) electrons. The number of aromatic nitrogens is 1. The molecule has 0 bridgehead atoms. The summed E-state index contributed by atoms with van der Waals surface area (Å²) in [5, 5.41) is 0. The number of carbonyl (C=O) groups excluding carboxylic acids is 2. The molecule has 1 saturated heterocycles. The van der Waals surface area contributed by atoms with Gasteiger partial charge < -0.3 is 9.80 Å². The van der Waals surface area contributed by atoms with E-state index in [0.29, 0.717) is 25.9 Å². The maximum atomic E-state index is 12.1. The monoisotopic (exact) mass is 303 g/mol. The first kappa shape index (κ1) is 16.5. The zero-order valence-corrected chi connectivity index (χ0v) is 13.5. The number of hydrogen-bond acceptors (Lipinski definition) is 3. The third kappa shape index (κ3) is 4.55. The minimum absolute atomic E-state index is 0.105. The lowest BCUT2D eigenvalue weighted by atomic mass is 10.2. The van der Waals surface area contributed by atoms with Gasteiger partial charge in [-0.15, -0.1) is 0 Å². The molecule has 1 aliphatic rings. The van der Waals surface area contributed by atoms with Gasteiger partial charge in [-0.3, -0.25) is 14.6 Å². The van der Waals surface area contributed by atoms with Gasteiger partial charge in [0.25, 0.3) is 0 Å². The number of likely N-dealkylation sites (tertiary alicyclic amines) is 1. The Balaban J connectivity index is 1.72. The van der Waals surface area contributed by atoms with Crippen LogP contribution in [0.4, 0.5) is 0 Å². The number of nitrogens with zero attached hydrogens (tertiary/aromatic N) is 3. The predicted octanol–water partition coefficient (Wildman–Crippen LogP) is 2.00. The first-order valence-electron chi connectivity index (χ1n) is 8.05. The number of hydrogen-bond donors (Lipinski definition) is 0. The highest BCUT2D eigenvalue weighted by Gasteiger charge is 2.20. The highest BCUT2D eigenvalue weighted by molar-refractivity contribution is 5.78. The summed E-state index contributed by atoms with van der Waals surface area (Å²) in [7, 11) is 1.80. The number of aryl methyl sites for hydroxylation is 1. The summed E-state index contributed by atoms with van der Waals surface area (Å²) in [4.78, 5) is 31.6. The van der Waals surface area contributed by atoms with Gasteiger partial charge in [0.15, 0.2) is 0 Å². The van der Waals surface area contributed by atoms with Crippen LogP contribution >= 0.6 is 0 Å². The zero-order valence-electron chi connectivity index (χ0n) is 13.5. The van der Waals surface area contributed by atoms with E-state index in [4.69, 9.17) is 0 Å². The van der Waals surface area contributed by atoms with Gasteiger partial charge >= 0.3 is 0 Å². The van der Waals surface area contributed by atoms with E-state index < -0.39 is 0 Å². The Morgan fingerprint density at radius 2 is 2.23 bits per heavy atom. The molecule has 0 N–H and O–H groups in total. The molecule has 5 nitrogen and oxygen atoms in total. The molecule has 0 atom stereocenters. The summed E-state index contributed by atoms with van der Waals surface area (Å²) in [6, 6.07) is 4.03. The Kier molecular flexibility index (Phi) is 5.92. The topological polar surface area (TPSA) is 53.5 Å². The number of carbonyl (C=O) groups is 2. The van der Waals surface area contributed by atoms with E-state index in [9.17, 15) is 9.59 Å². The van der Waals surface area contributed by atoms with Crippen LogP contribution in [0.5, 0.6) is 0 Å². The fourth-order valence-electron chi connectivity index (χ4n) is 2.64. The molecule has 1 aromatic rings. The highest BCUT2D eigenvalue weighted by atomic mass is 16.2. The summed E-state index contributed by atoms with van der Waals surface area (Å²) >= 11 is 0. The summed E-state index contributed by atoms with van der Waals surface area (Å²) in [6.07, 6.45) is 5.66. The van der Waals surface area contributed by atoms with Gasteiger partial charge in [0, 0.05) is 39.2 Å². The molecule has 1 aromatic heterocycles. The van der Waals surface area contributed by atoms with E-state index in [1.165, 1.54) is 5.56 Å². The van der Waals surface area contributed by atoms with Crippen LogP contribution in [0.25, 0.3) is 0 Å². The average molecular weight is 303 g/mol. The first-order valence-corrected chi connectivity index (χ1v) is 8.05. The van der Waals surface area contributed by atoms with E-state index >= 15 is 0 Å². The molecule has 5 heteroatoms. The second-order valence-corrected chi connectivity index (χ2v) is 5.85. The Bertz CT molecular complexity index is 513. The molecule has 22 heavy (non-hydrogen) atoms. The molecule has 0 aliphatic carbocycles. The van der Waals surface area contributed by atoms with Gasteiger partial charge in [0.2, 0.25) is 11.8 Å². The Morgan fingerprint density at radius 3 is 2.82 bits per heavy atom. The summed E-state index contributed by atoms with van der Waals surface area (Å²) < 4.78 is 0. The Labute approximate surface area is 132 Å². The van der Waals surface area contributed by atoms with Crippen molar-refractivity contribution in [3.8, 4) is 0 Å². The lowest BCUT2D eigenvalue weighted by molar-refractivity contribution is -0.132. The Morgan fingerprint density at radius 1 is 1.41 bits per heavy atom. The first-order chi connectivity index (χ1) is 10.6. The van der Waals surface area contributed by atoms with Crippen molar-refractivity contribution in [2.75, 3.05) is 20.1 Å². The van der Waals surface area contributed by atoms with Crippen LogP contribution in [0, 0.1) is 0 Å². The molecule has 2 rings (SSSR count). The molecular formula is C17H25N3O2. The summed E-state index contributed by atoms with van der Waals surface area (Å²) in [5.41, 5.74) is 2.11. The lowest BCUT2D eigenvalue weighted by Gasteiger charge is -2.19. The smallest absolute Gasteiger partial charge is 0.222 e. The van der Waals surface area contributed by atoms with E-state index in [0.717, 1.165) is 31.5 Å². The third-order valence-electron chi connectivity index (χ3n) is 4.11. The van der Waals surface area contributed by atoms with Crippen LogP contribution in [0.1, 0.15) is 43.9 Å². The van der Waals surface area contributed by atoms with Gasteiger partial charge in [-0.2, -0.15) is 0 Å². The minimum Gasteiger partial charge on any atom is -0.343 e. The number of amides is 2. The Hall–Kier alpha value is -1.91.